The Morgan fingerprint density at radius 1 is 1.47 bits per heavy atom. The van der Waals surface area contributed by atoms with Crippen molar-refractivity contribution in [2.75, 3.05) is 6.26 Å². The van der Waals surface area contributed by atoms with Gasteiger partial charge in [-0.25, -0.2) is 0 Å². The van der Waals surface area contributed by atoms with Crippen molar-refractivity contribution in [1.82, 2.24) is 5.32 Å². The summed E-state index contributed by atoms with van der Waals surface area (Å²) in [6.07, 6.45) is 3.37. The summed E-state index contributed by atoms with van der Waals surface area (Å²) in [5, 5.41) is 3.52. The van der Waals surface area contributed by atoms with Crippen molar-refractivity contribution in [3.8, 4) is 0 Å². The summed E-state index contributed by atoms with van der Waals surface area (Å²) < 4.78 is 5.69. The molecule has 84 valence electrons. The molecule has 0 amide bonds. The van der Waals surface area contributed by atoms with E-state index in [1.807, 2.05) is 0 Å². The van der Waals surface area contributed by atoms with Gasteiger partial charge in [-0.3, -0.25) is 0 Å². The van der Waals surface area contributed by atoms with E-state index in [0.29, 0.717) is 11.5 Å². The van der Waals surface area contributed by atoms with Gasteiger partial charge in [-0.2, -0.15) is 11.8 Å². The number of hydrogen-bond acceptors (Lipinski definition) is 3. The monoisotopic (exact) mass is 225 g/mol. The molecule has 1 aliphatic rings. The van der Waals surface area contributed by atoms with E-state index in [0.717, 1.165) is 23.8 Å². The maximum atomic E-state index is 5.69. The molecular weight excluding hydrogens is 206 g/mol. The third-order valence-electron chi connectivity index (χ3n) is 3.04. The summed E-state index contributed by atoms with van der Waals surface area (Å²) in [5.74, 6) is 3.10. The Bertz CT molecular complexity index is 332. The summed E-state index contributed by atoms with van der Waals surface area (Å²) in [7, 11) is 0. The number of thioether (sulfide) groups is 1. The van der Waals surface area contributed by atoms with E-state index in [9.17, 15) is 0 Å². The first-order valence-corrected chi connectivity index (χ1v) is 6.81. The molecule has 15 heavy (non-hydrogen) atoms. The molecule has 3 heteroatoms. The van der Waals surface area contributed by atoms with E-state index in [-0.39, 0.29) is 0 Å². The minimum absolute atomic E-state index is 0.495. The second-order valence-corrected chi connectivity index (χ2v) is 5.79. The molecule has 1 fully saturated rings. The van der Waals surface area contributed by atoms with E-state index < -0.39 is 0 Å². The van der Waals surface area contributed by atoms with Gasteiger partial charge in [-0.05, 0) is 30.2 Å². The number of furan rings is 1. The SMILES string of the molecule is CSCc1ccc(CNC2CC2(C)C)o1. The van der Waals surface area contributed by atoms with Gasteiger partial charge in [0.15, 0.2) is 0 Å². The largest absolute Gasteiger partial charge is 0.464 e. The number of rotatable bonds is 5. The third-order valence-corrected chi connectivity index (χ3v) is 3.61. The van der Waals surface area contributed by atoms with Crippen LogP contribution in [-0.4, -0.2) is 12.3 Å². The Balaban J connectivity index is 1.79. The van der Waals surface area contributed by atoms with Crippen LogP contribution < -0.4 is 5.32 Å². The maximum absolute atomic E-state index is 5.69. The van der Waals surface area contributed by atoms with Gasteiger partial charge in [-0.1, -0.05) is 13.8 Å². The summed E-state index contributed by atoms with van der Waals surface area (Å²) in [4.78, 5) is 0. The van der Waals surface area contributed by atoms with Gasteiger partial charge in [0.25, 0.3) is 0 Å². The van der Waals surface area contributed by atoms with Crippen molar-refractivity contribution >= 4 is 11.8 Å². The Kier molecular flexibility index (Phi) is 3.12. The number of hydrogen-bond donors (Lipinski definition) is 1. The lowest BCUT2D eigenvalue weighted by Gasteiger charge is -2.04. The summed E-state index contributed by atoms with van der Waals surface area (Å²) >= 11 is 1.79. The molecule has 1 aliphatic carbocycles. The van der Waals surface area contributed by atoms with Gasteiger partial charge in [0.2, 0.25) is 0 Å². The average molecular weight is 225 g/mol. The molecule has 2 nitrogen and oxygen atoms in total. The molecule has 0 radical (unpaired) electrons. The molecule has 0 saturated heterocycles. The van der Waals surface area contributed by atoms with Crippen LogP contribution in [0.25, 0.3) is 0 Å². The first kappa shape index (κ1) is 11.1. The topological polar surface area (TPSA) is 25.2 Å². The van der Waals surface area contributed by atoms with Crippen LogP contribution >= 0.6 is 11.8 Å². The molecule has 2 rings (SSSR count). The summed E-state index contributed by atoms with van der Waals surface area (Å²) in [5.41, 5.74) is 0.495. The molecule has 0 spiro atoms. The second-order valence-electron chi connectivity index (χ2n) is 4.93. The quantitative estimate of drug-likeness (QED) is 0.834. The highest BCUT2D eigenvalue weighted by molar-refractivity contribution is 7.97. The normalized spacial score (nSPS) is 23.0. The van der Waals surface area contributed by atoms with Crippen LogP contribution in [0.5, 0.6) is 0 Å². The van der Waals surface area contributed by atoms with E-state index >= 15 is 0 Å². The van der Waals surface area contributed by atoms with Crippen LogP contribution in [0.1, 0.15) is 31.8 Å². The van der Waals surface area contributed by atoms with Gasteiger partial charge in [0.05, 0.1) is 12.3 Å². The standard InChI is InChI=1S/C12H19NOS/c1-12(2)6-11(12)13-7-9-4-5-10(14-9)8-15-3/h4-5,11,13H,6-8H2,1-3H3. The average Bonchev–Trinajstić information content (AvgIpc) is 2.62. The lowest BCUT2D eigenvalue weighted by Crippen LogP contribution is -2.19. The fraction of sp³-hybridized carbons (Fsp3) is 0.667. The van der Waals surface area contributed by atoms with Crippen LogP contribution in [0.15, 0.2) is 16.5 Å². The third kappa shape index (κ3) is 2.79. The molecular formula is C12H19NOS. The van der Waals surface area contributed by atoms with Crippen LogP contribution in [0.2, 0.25) is 0 Å². The molecule has 1 aromatic rings. The number of nitrogens with one attached hydrogen (secondary N) is 1. The zero-order chi connectivity index (χ0) is 10.9. The first-order valence-electron chi connectivity index (χ1n) is 5.42. The van der Waals surface area contributed by atoms with Crippen molar-refractivity contribution in [2.45, 2.75) is 38.6 Å². The highest BCUT2D eigenvalue weighted by Crippen LogP contribution is 2.44. The second kappa shape index (κ2) is 4.22. The fourth-order valence-electron chi connectivity index (χ4n) is 1.78. The molecule has 1 N–H and O–H groups in total. The van der Waals surface area contributed by atoms with E-state index in [2.05, 4.69) is 37.6 Å². The maximum Gasteiger partial charge on any atom is 0.118 e. The van der Waals surface area contributed by atoms with Crippen molar-refractivity contribution in [2.24, 2.45) is 5.41 Å². The molecule has 1 unspecified atom stereocenters. The van der Waals surface area contributed by atoms with Crippen LogP contribution in [0, 0.1) is 5.41 Å². The van der Waals surface area contributed by atoms with Crippen molar-refractivity contribution < 1.29 is 4.42 Å². The lowest BCUT2D eigenvalue weighted by molar-refractivity contribution is 0.445. The van der Waals surface area contributed by atoms with E-state index in [1.54, 1.807) is 11.8 Å². The molecule has 1 heterocycles. The predicted octanol–water partition coefficient (Wildman–Crippen LogP) is 3.03. The van der Waals surface area contributed by atoms with Gasteiger partial charge < -0.3 is 9.73 Å². The molecule has 1 atom stereocenters. The molecule has 0 bridgehead atoms. The molecule has 1 saturated carbocycles. The highest BCUT2D eigenvalue weighted by atomic mass is 32.2. The summed E-state index contributed by atoms with van der Waals surface area (Å²) in [6, 6.07) is 4.83. The Hall–Kier alpha value is -0.410. The first-order chi connectivity index (χ1) is 7.12. The van der Waals surface area contributed by atoms with Crippen molar-refractivity contribution in [3.63, 3.8) is 0 Å². The Morgan fingerprint density at radius 2 is 2.13 bits per heavy atom. The molecule has 0 aliphatic heterocycles. The zero-order valence-corrected chi connectivity index (χ0v) is 10.5. The zero-order valence-electron chi connectivity index (χ0n) is 9.67. The molecule has 1 aromatic heterocycles. The summed E-state index contributed by atoms with van der Waals surface area (Å²) in [6.45, 7) is 5.46. The van der Waals surface area contributed by atoms with Crippen LogP contribution in [-0.2, 0) is 12.3 Å². The Morgan fingerprint density at radius 3 is 2.73 bits per heavy atom. The Labute approximate surface area is 95.8 Å². The van der Waals surface area contributed by atoms with E-state index in [4.69, 9.17) is 4.42 Å². The molecule has 0 aromatic carbocycles. The van der Waals surface area contributed by atoms with Crippen LogP contribution in [0.3, 0.4) is 0 Å². The minimum Gasteiger partial charge on any atom is -0.464 e. The predicted molar refractivity (Wildman–Crippen MR) is 65.0 cm³/mol. The van der Waals surface area contributed by atoms with Crippen molar-refractivity contribution in [3.05, 3.63) is 23.7 Å². The van der Waals surface area contributed by atoms with E-state index in [1.165, 1.54) is 6.42 Å². The van der Waals surface area contributed by atoms with Crippen molar-refractivity contribution in [1.29, 1.82) is 0 Å². The van der Waals surface area contributed by atoms with Gasteiger partial charge >= 0.3 is 0 Å². The van der Waals surface area contributed by atoms with Gasteiger partial charge in [-0.15, -0.1) is 0 Å². The smallest absolute Gasteiger partial charge is 0.118 e. The fourth-order valence-corrected chi connectivity index (χ4v) is 2.22. The lowest BCUT2D eigenvalue weighted by atomic mass is 10.2. The van der Waals surface area contributed by atoms with Crippen LogP contribution in [0.4, 0.5) is 0 Å². The van der Waals surface area contributed by atoms with Gasteiger partial charge in [0.1, 0.15) is 11.5 Å². The van der Waals surface area contributed by atoms with Gasteiger partial charge in [0, 0.05) is 6.04 Å². The minimum atomic E-state index is 0.495. The highest BCUT2D eigenvalue weighted by Gasteiger charge is 2.45.